The lowest BCUT2D eigenvalue weighted by Gasteiger charge is -2.43. The second-order valence-corrected chi connectivity index (χ2v) is 14.0. The van der Waals surface area contributed by atoms with Crippen LogP contribution >= 0.6 is 0 Å². The van der Waals surface area contributed by atoms with Crippen molar-refractivity contribution in [1.82, 2.24) is 15.1 Å². The van der Waals surface area contributed by atoms with Crippen LogP contribution in [0.25, 0.3) is 11.1 Å². The zero-order valence-corrected chi connectivity index (χ0v) is 29.1. The molecule has 3 fully saturated rings. The van der Waals surface area contributed by atoms with E-state index in [0.29, 0.717) is 11.3 Å². The van der Waals surface area contributed by atoms with E-state index in [0.717, 1.165) is 53.0 Å². The first-order valence-electron chi connectivity index (χ1n) is 18.2. The molecule has 3 aliphatic rings. The maximum Gasteiger partial charge on any atom is 0.471 e. The first kappa shape index (κ1) is 37.0. The summed E-state index contributed by atoms with van der Waals surface area (Å²) in [6.45, 7) is 5.12. The van der Waals surface area contributed by atoms with E-state index < -0.39 is 30.3 Å². The zero-order chi connectivity index (χ0) is 36.0. The predicted octanol–water partition coefficient (Wildman–Crippen LogP) is 7.07. The van der Waals surface area contributed by atoms with Gasteiger partial charge in [-0.05, 0) is 66.6 Å². The number of rotatable bonds is 9. The molecule has 3 saturated heterocycles. The van der Waals surface area contributed by atoms with Gasteiger partial charge in [-0.3, -0.25) is 9.59 Å². The number of aliphatic hydroxyl groups excluding tert-OH is 1. The van der Waals surface area contributed by atoms with Crippen molar-refractivity contribution in [3.8, 4) is 11.1 Å². The molecule has 5 atom stereocenters. The molecule has 3 aromatic carbocycles. The quantitative estimate of drug-likeness (QED) is 0.247. The third-order valence-electron chi connectivity index (χ3n) is 10.5. The SMILES string of the molecule is CC1C(CN2CCCCCCC2)OC(c2ccc(-c3ccccc3CNC(=O)C3CCCN3C(=O)C(F)(F)F)cc2)OC1c1ccc(CO)cc1. The molecule has 5 unspecified atom stereocenters. The first-order chi connectivity index (χ1) is 24.6. The molecular formula is C40H48F3N3O5. The maximum absolute atomic E-state index is 13.1. The van der Waals surface area contributed by atoms with E-state index in [9.17, 15) is 27.9 Å². The number of ether oxygens (including phenoxy) is 2. The van der Waals surface area contributed by atoms with Gasteiger partial charge in [0.2, 0.25) is 5.91 Å². The van der Waals surface area contributed by atoms with Crippen molar-refractivity contribution in [2.45, 2.75) is 95.7 Å². The van der Waals surface area contributed by atoms with Crippen molar-refractivity contribution < 1.29 is 37.3 Å². The van der Waals surface area contributed by atoms with Gasteiger partial charge in [-0.15, -0.1) is 0 Å². The second-order valence-electron chi connectivity index (χ2n) is 14.0. The van der Waals surface area contributed by atoms with Crippen LogP contribution in [0.4, 0.5) is 13.2 Å². The Morgan fingerprint density at radius 1 is 0.843 bits per heavy atom. The number of carbonyl (C=O) groups excluding carboxylic acids is 2. The summed E-state index contributed by atoms with van der Waals surface area (Å²) in [7, 11) is 0. The fourth-order valence-electron chi connectivity index (χ4n) is 7.60. The van der Waals surface area contributed by atoms with E-state index in [1.165, 1.54) is 32.1 Å². The Bertz CT molecular complexity index is 1610. The van der Waals surface area contributed by atoms with E-state index in [1.807, 2.05) is 72.8 Å². The van der Waals surface area contributed by atoms with Gasteiger partial charge in [0.05, 0.1) is 18.8 Å². The van der Waals surface area contributed by atoms with Crippen LogP contribution < -0.4 is 5.32 Å². The molecule has 0 saturated carbocycles. The van der Waals surface area contributed by atoms with Gasteiger partial charge in [-0.25, -0.2) is 0 Å². The number of halogens is 3. The summed E-state index contributed by atoms with van der Waals surface area (Å²) in [6.07, 6.45) is 0.842. The average Bonchev–Trinajstić information content (AvgIpc) is 3.62. The molecule has 274 valence electrons. The highest BCUT2D eigenvalue weighted by Crippen LogP contribution is 2.42. The lowest BCUT2D eigenvalue weighted by molar-refractivity contribution is -0.276. The second kappa shape index (κ2) is 16.7. The van der Waals surface area contributed by atoms with Gasteiger partial charge in [0.15, 0.2) is 6.29 Å². The van der Waals surface area contributed by atoms with Gasteiger partial charge in [0.1, 0.15) is 6.04 Å². The van der Waals surface area contributed by atoms with Crippen LogP contribution in [0.3, 0.4) is 0 Å². The topological polar surface area (TPSA) is 91.3 Å². The van der Waals surface area contributed by atoms with E-state index in [4.69, 9.17) is 9.47 Å². The van der Waals surface area contributed by atoms with Crippen molar-refractivity contribution in [1.29, 1.82) is 0 Å². The molecule has 6 rings (SSSR count). The molecule has 3 aromatic rings. The van der Waals surface area contributed by atoms with Gasteiger partial charge in [-0.2, -0.15) is 13.2 Å². The molecule has 0 spiro atoms. The monoisotopic (exact) mass is 707 g/mol. The average molecular weight is 708 g/mol. The van der Waals surface area contributed by atoms with Crippen LogP contribution in [0.1, 0.15) is 86.5 Å². The summed E-state index contributed by atoms with van der Waals surface area (Å²) in [6, 6.07) is 22.3. The Morgan fingerprint density at radius 3 is 2.20 bits per heavy atom. The number of amides is 2. The van der Waals surface area contributed by atoms with Gasteiger partial charge < -0.3 is 29.7 Å². The summed E-state index contributed by atoms with van der Waals surface area (Å²) in [4.78, 5) is 28.0. The Morgan fingerprint density at radius 2 is 1.51 bits per heavy atom. The highest BCUT2D eigenvalue weighted by molar-refractivity contribution is 5.90. The molecular weight excluding hydrogens is 659 g/mol. The van der Waals surface area contributed by atoms with E-state index >= 15 is 0 Å². The molecule has 3 aliphatic heterocycles. The Balaban J connectivity index is 1.18. The standard InChI is InChI=1S/C40H48F3N3O5/c1-27-35(25-45-21-7-3-2-4-8-22-45)50-38(51-36(27)30-15-13-28(26-47)14-16-30)31-19-17-29(18-20-31)33-11-6-5-10-32(33)24-44-37(48)34-12-9-23-46(34)39(49)40(41,42)43/h5-6,10-11,13-20,27,34-36,38,47H,2-4,7-9,12,21-26H2,1H3,(H,44,48). The van der Waals surface area contributed by atoms with Gasteiger partial charge in [0, 0.05) is 31.1 Å². The van der Waals surface area contributed by atoms with Crippen LogP contribution in [0.5, 0.6) is 0 Å². The van der Waals surface area contributed by atoms with Crippen LogP contribution in [-0.2, 0) is 32.2 Å². The van der Waals surface area contributed by atoms with Crippen molar-refractivity contribution in [2.75, 3.05) is 26.2 Å². The molecule has 2 amide bonds. The summed E-state index contributed by atoms with van der Waals surface area (Å²) >= 11 is 0. The molecule has 3 heterocycles. The van der Waals surface area contributed by atoms with Gasteiger partial charge >= 0.3 is 12.1 Å². The fraction of sp³-hybridized carbons (Fsp3) is 0.500. The minimum absolute atomic E-state index is 0.0192. The maximum atomic E-state index is 13.1. The molecule has 0 radical (unpaired) electrons. The fourth-order valence-corrected chi connectivity index (χ4v) is 7.60. The molecule has 0 aromatic heterocycles. The minimum atomic E-state index is -5.02. The largest absolute Gasteiger partial charge is 0.471 e. The normalized spacial score (nSPS) is 24.9. The number of carbonyl (C=O) groups is 2. The van der Waals surface area contributed by atoms with Crippen LogP contribution in [-0.4, -0.2) is 71.2 Å². The highest BCUT2D eigenvalue weighted by atomic mass is 19.4. The van der Waals surface area contributed by atoms with Gasteiger partial charge in [0.25, 0.3) is 0 Å². The summed E-state index contributed by atoms with van der Waals surface area (Å²) in [5.41, 5.74) is 5.33. The predicted molar refractivity (Wildman–Crippen MR) is 187 cm³/mol. The smallest absolute Gasteiger partial charge is 0.392 e. The van der Waals surface area contributed by atoms with Gasteiger partial charge in [-0.1, -0.05) is 99.0 Å². The first-order valence-corrected chi connectivity index (χ1v) is 18.2. The number of likely N-dealkylation sites (tertiary alicyclic amines) is 2. The molecule has 11 heteroatoms. The van der Waals surface area contributed by atoms with Crippen LogP contribution in [0.15, 0.2) is 72.8 Å². The Hall–Kier alpha value is -3.77. The number of nitrogens with one attached hydrogen (secondary N) is 1. The molecule has 8 nitrogen and oxygen atoms in total. The third-order valence-corrected chi connectivity index (χ3v) is 10.5. The number of nitrogens with zero attached hydrogens (tertiary/aromatic N) is 2. The highest BCUT2D eigenvalue weighted by Gasteiger charge is 2.47. The summed E-state index contributed by atoms with van der Waals surface area (Å²) in [5.74, 6) is -2.48. The number of hydrogen-bond donors (Lipinski definition) is 2. The number of hydrogen-bond acceptors (Lipinski definition) is 6. The third kappa shape index (κ3) is 9.00. The molecule has 0 bridgehead atoms. The number of alkyl halides is 3. The van der Waals surface area contributed by atoms with Crippen molar-refractivity contribution in [3.05, 3.63) is 95.1 Å². The van der Waals surface area contributed by atoms with E-state index in [1.54, 1.807) is 0 Å². The summed E-state index contributed by atoms with van der Waals surface area (Å²) < 4.78 is 52.7. The van der Waals surface area contributed by atoms with Crippen LogP contribution in [0, 0.1) is 5.92 Å². The van der Waals surface area contributed by atoms with Crippen molar-refractivity contribution in [3.63, 3.8) is 0 Å². The number of benzene rings is 3. The van der Waals surface area contributed by atoms with E-state index in [2.05, 4.69) is 17.1 Å². The minimum Gasteiger partial charge on any atom is -0.392 e. The lowest BCUT2D eigenvalue weighted by Crippen LogP contribution is -2.50. The molecule has 0 aliphatic carbocycles. The van der Waals surface area contributed by atoms with Crippen molar-refractivity contribution >= 4 is 11.8 Å². The zero-order valence-electron chi connectivity index (χ0n) is 29.1. The van der Waals surface area contributed by atoms with Crippen molar-refractivity contribution in [2.24, 2.45) is 5.92 Å². The van der Waals surface area contributed by atoms with Crippen LogP contribution in [0.2, 0.25) is 0 Å². The summed E-state index contributed by atoms with van der Waals surface area (Å²) in [5, 5.41) is 12.4. The Labute approximate surface area is 297 Å². The number of aliphatic hydroxyl groups is 1. The Kier molecular flexibility index (Phi) is 12.1. The van der Waals surface area contributed by atoms with E-state index in [-0.39, 0.29) is 44.2 Å². The molecule has 51 heavy (non-hydrogen) atoms. The lowest BCUT2D eigenvalue weighted by atomic mass is 9.89. The molecule has 2 N–H and O–H groups in total.